The monoisotopic (exact) mass is 339 g/mol. The zero-order valence-electron chi connectivity index (χ0n) is 15.1. The number of aryl methyl sites for hydroxylation is 4. The summed E-state index contributed by atoms with van der Waals surface area (Å²) >= 11 is 0. The number of hydrogen-bond donors (Lipinski definition) is 1. The molecule has 2 aromatic heterocycles. The Kier molecular flexibility index (Phi) is 4.20. The zero-order valence-corrected chi connectivity index (χ0v) is 15.1. The summed E-state index contributed by atoms with van der Waals surface area (Å²) in [7, 11) is 0. The van der Waals surface area contributed by atoms with E-state index in [9.17, 15) is 9.59 Å². The molecule has 0 bridgehead atoms. The van der Waals surface area contributed by atoms with E-state index in [0.717, 1.165) is 11.1 Å². The van der Waals surface area contributed by atoms with E-state index in [2.05, 4.69) is 10.1 Å². The molecule has 3 rings (SSSR count). The van der Waals surface area contributed by atoms with Gasteiger partial charge in [-0.2, -0.15) is 0 Å². The number of H-pyrrole nitrogens is 1. The lowest BCUT2D eigenvalue weighted by Gasteiger charge is -2.06. The SMILES string of the molecule is CCOC(=O)c1c(C)c2c(=O)[nH]c(-c3ccc(C)c(C)c3)nn2c1C. The van der Waals surface area contributed by atoms with Crippen molar-refractivity contribution < 1.29 is 9.53 Å². The Morgan fingerprint density at radius 1 is 1.20 bits per heavy atom. The molecule has 0 spiro atoms. The molecular formula is C19H21N3O3. The van der Waals surface area contributed by atoms with E-state index in [4.69, 9.17) is 4.74 Å². The third-order valence-electron chi connectivity index (χ3n) is 4.53. The average molecular weight is 339 g/mol. The summed E-state index contributed by atoms with van der Waals surface area (Å²) in [6, 6.07) is 5.90. The Bertz CT molecular complexity index is 1040. The van der Waals surface area contributed by atoms with Crippen molar-refractivity contribution in [3.05, 3.63) is 56.5 Å². The summed E-state index contributed by atoms with van der Waals surface area (Å²) < 4.78 is 6.64. The molecule has 0 amide bonds. The minimum Gasteiger partial charge on any atom is -0.462 e. The number of carbonyl (C=O) groups excluding carboxylic acids is 1. The Balaban J connectivity index is 2.26. The maximum atomic E-state index is 12.6. The summed E-state index contributed by atoms with van der Waals surface area (Å²) in [5.74, 6) is 0.0317. The van der Waals surface area contributed by atoms with Crippen LogP contribution in [0.1, 0.15) is 39.7 Å². The van der Waals surface area contributed by atoms with Gasteiger partial charge in [-0.3, -0.25) is 4.79 Å². The second-order valence-electron chi connectivity index (χ2n) is 6.17. The van der Waals surface area contributed by atoms with E-state index < -0.39 is 5.97 Å². The maximum absolute atomic E-state index is 12.6. The highest BCUT2D eigenvalue weighted by Gasteiger charge is 2.23. The van der Waals surface area contributed by atoms with E-state index in [-0.39, 0.29) is 12.2 Å². The average Bonchev–Trinajstić information content (AvgIpc) is 2.81. The van der Waals surface area contributed by atoms with Crippen molar-refractivity contribution in [2.75, 3.05) is 6.61 Å². The van der Waals surface area contributed by atoms with Crippen molar-refractivity contribution in [2.24, 2.45) is 0 Å². The van der Waals surface area contributed by atoms with Crippen molar-refractivity contribution in [1.82, 2.24) is 14.6 Å². The van der Waals surface area contributed by atoms with Crippen molar-refractivity contribution in [3.63, 3.8) is 0 Å². The molecule has 0 unspecified atom stereocenters. The minimum absolute atomic E-state index is 0.278. The molecule has 1 N–H and O–H groups in total. The van der Waals surface area contributed by atoms with Crippen LogP contribution in [0.2, 0.25) is 0 Å². The number of rotatable bonds is 3. The van der Waals surface area contributed by atoms with E-state index >= 15 is 0 Å². The van der Waals surface area contributed by atoms with Crippen molar-refractivity contribution in [2.45, 2.75) is 34.6 Å². The lowest BCUT2D eigenvalue weighted by atomic mass is 10.1. The fraction of sp³-hybridized carbons (Fsp3) is 0.316. The van der Waals surface area contributed by atoms with Gasteiger partial charge in [-0.1, -0.05) is 12.1 Å². The summed E-state index contributed by atoms with van der Waals surface area (Å²) in [6.07, 6.45) is 0. The second-order valence-corrected chi connectivity index (χ2v) is 6.17. The summed E-state index contributed by atoms with van der Waals surface area (Å²) in [6.45, 7) is 9.58. The van der Waals surface area contributed by atoms with Gasteiger partial charge in [0.2, 0.25) is 0 Å². The van der Waals surface area contributed by atoms with Crippen LogP contribution in [0.4, 0.5) is 0 Å². The maximum Gasteiger partial charge on any atom is 0.340 e. The van der Waals surface area contributed by atoms with Crippen molar-refractivity contribution >= 4 is 11.5 Å². The van der Waals surface area contributed by atoms with Gasteiger partial charge in [0.25, 0.3) is 5.56 Å². The number of nitrogens with zero attached hydrogens (tertiary/aromatic N) is 2. The molecule has 0 atom stereocenters. The van der Waals surface area contributed by atoms with E-state index in [1.165, 1.54) is 10.1 Å². The lowest BCUT2D eigenvalue weighted by Crippen LogP contribution is -2.15. The Hall–Kier alpha value is -2.89. The van der Waals surface area contributed by atoms with Crippen LogP contribution >= 0.6 is 0 Å². The highest BCUT2D eigenvalue weighted by molar-refractivity contribution is 5.95. The van der Waals surface area contributed by atoms with Crippen LogP contribution in [-0.2, 0) is 4.74 Å². The van der Waals surface area contributed by atoms with Crippen molar-refractivity contribution in [1.29, 1.82) is 0 Å². The number of hydrogen-bond acceptors (Lipinski definition) is 4. The Morgan fingerprint density at radius 3 is 2.56 bits per heavy atom. The number of ether oxygens (including phenoxy) is 1. The number of fused-ring (bicyclic) bond motifs is 1. The molecule has 0 aliphatic rings. The quantitative estimate of drug-likeness (QED) is 0.744. The van der Waals surface area contributed by atoms with Crippen LogP contribution in [-0.4, -0.2) is 27.2 Å². The predicted molar refractivity (Wildman–Crippen MR) is 96.2 cm³/mol. The lowest BCUT2D eigenvalue weighted by molar-refractivity contribution is 0.0525. The molecule has 3 aromatic rings. The van der Waals surface area contributed by atoms with Crippen LogP contribution in [0.5, 0.6) is 0 Å². The third kappa shape index (κ3) is 2.73. The molecule has 0 aliphatic carbocycles. The number of carbonyl (C=O) groups is 1. The minimum atomic E-state index is -0.435. The fourth-order valence-electron chi connectivity index (χ4n) is 3.03. The molecule has 0 aliphatic heterocycles. The van der Waals surface area contributed by atoms with E-state index in [0.29, 0.717) is 28.2 Å². The van der Waals surface area contributed by atoms with Gasteiger partial charge in [0.15, 0.2) is 5.82 Å². The molecule has 2 heterocycles. The molecule has 130 valence electrons. The van der Waals surface area contributed by atoms with Gasteiger partial charge in [0, 0.05) is 5.56 Å². The number of esters is 1. The standard InChI is InChI=1S/C19H21N3O3/c1-6-25-19(24)15-12(4)16-18(23)20-17(21-22(16)13(15)5)14-8-7-10(2)11(3)9-14/h7-9H,6H2,1-5H3,(H,20,21,23). The largest absolute Gasteiger partial charge is 0.462 e. The number of aromatic amines is 1. The van der Waals surface area contributed by atoms with Gasteiger partial charge in [0.05, 0.1) is 17.9 Å². The summed E-state index contributed by atoms with van der Waals surface area (Å²) in [5.41, 5.74) is 4.78. The van der Waals surface area contributed by atoms with Gasteiger partial charge < -0.3 is 9.72 Å². The van der Waals surface area contributed by atoms with Crippen LogP contribution in [0, 0.1) is 27.7 Å². The highest BCUT2D eigenvalue weighted by Crippen LogP contribution is 2.23. The van der Waals surface area contributed by atoms with Gasteiger partial charge in [-0.25, -0.2) is 9.31 Å². The van der Waals surface area contributed by atoms with Gasteiger partial charge in [0.1, 0.15) is 5.52 Å². The third-order valence-corrected chi connectivity index (χ3v) is 4.53. The first-order chi connectivity index (χ1) is 11.8. The Morgan fingerprint density at radius 2 is 1.92 bits per heavy atom. The first-order valence-corrected chi connectivity index (χ1v) is 8.22. The molecule has 1 aromatic carbocycles. The summed E-state index contributed by atoms with van der Waals surface area (Å²) in [5, 5.41) is 4.55. The Labute approximate surface area is 145 Å². The normalized spacial score (nSPS) is 11.1. The molecule has 0 saturated heterocycles. The molecule has 0 radical (unpaired) electrons. The van der Waals surface area contributed by atoms with Gasteiger partial charge in [-0.05, 0) is 57.4 Å². The predicted octanol–water partition coefficient (Wildman–Crippen LogP) is 3.10. The van der Waals surface area contributed by atoms with Crippen LogP contribution in [0.15, 0.2) is 23.0 Å². The highest BCUT2D eigenvalue weighted by atomic mass is 16.5. The van der Waals surface area contributed by atoms with Crippen LogP contribution in [0.25, 0.3) is 16.9 Å². The van der Waals surface area contributed by atoms with Crippen LogP contribution < -0.4 is 5.56 Å². The number of nitrogens with one attached hydrogen (secondary N) is 1. The van der Waals surface area contributed by atoms with E-state index in [1.807, 2.05) is 32.0 Å². The molecular weight excluding hydrogens is 318 g/mol. The second kappa shape index (κ2) is 6.20. The smallest absolute Gasteiger partial charge is 0.340 e. The fourth-order valence-corrected chi connectivity index (χ4v) is 3.03. The van der Waals surface area contributed by atoms with Gasteiger partial charge >= 0.3 is 5.97 Å². The van der Waals surface area contributed by atoms with Gasteiger partial charge in [-0.15, -0.1) is 5.10 Å². The van der Waals surface area contributed by atoms with E-state index in [1.54, 1.807) is 20.8 Å². The number of aromatic nitrogens is 3. The molecule has 6 heteroatoms. The van der Waals surface area contributed by atoms with Crippen molar-refractivity contribution in [3.8, 4) is 11.4 Å². The first kappa shape index (κ1) is 17.0. The number of benzene rings is 1. The summed E-state index contributed by atoms with van der Waals surface area (Å²) in [4.78, 5) is 27.7. The molecule has 0 fully saturated rings. The first-order valence-electron chi connectivity index (χ1n) is 8.22. The topological polar surface area (TPSA) is 76.5 Å². The van der Waals surface area contributed by atoms with Crippen LogP contribution in [0.3, 0.4) is 0 Å². The zero-order chi connectivity index (χ0) is 18.3. The molecule has 6 nitrogen and oxygen atoms in total. The molecule has 0 saturated carbocycles. The molecule has 25 heavy (non-hydrogen) atoms.